The average molecular weight is 224 g/mol. The Morgan fingerprint density at radius 3 is 2.67 bits per heavy atom. The van der Waals surface area contributed by atoms with E-state index in [0.717, 1.165) is 4.88 Å². The molecule has 0 bridgehead atoms. The Morgan fingerprint density at radius 1 is 1.47 bits per heavy atom. The lowest BCUT2D eigenvalue weighted by Gasteiger charge is -2.30. The van der Waals surface area contributed by atoms with Gasteiger partial charge in [0.15, 0.2) is 0 Å². The van der Waals surface area contributed by atoms with Gasteiger partial charge in [0, 0.05) is 9.75 Å². The summed E-state index contributed by atoms with van der Waals surface area (Å²) < 4.78 is 0. The van der Waals surface area contributed by atoms with Gasteiger partial charge < -0.3 is 5.11 Å². The molecule has 1 heterocycles. The van der Waals surface area contributed by atoms with E-state index in [2.05, 4.69) is 32.9 Å². The lowest BCUT2D eigenvalue weighted by atomic mass is 9.78. The van der Waals surface area contributed by atoms with Crippen LogP contribution in [0.25, 0.3) is 0 Å². The van der Waals surface area contributed by atoms with Gasteiger partial charge in [0.1, 0.15) is 0 Å². The molecular formula is C13H20OS. The highest BCUT2D eigenvalue weighted by molar-refractivity contribution is 7.12. The molecule has 84 valence electrons. The van der Waals surface area contributed by atoms with Crippen molar-refractivity contribution in [2.24, 2.45) is 11.3 Å². The standard InChI is InChI=1S/C13H20OS/c1-9-6-7-11(15-9)12(14)10-5-4-8-13(10,2)3/h6-7,10,12,14H,4-5,8H2,1-3H3. The number of hydrogen-bond donors (Lipinski definition) is 1. The maximum atomic E-state index is 10.4. The normalized spacial score (nSPS) is 26.8. The Morgan fingerprint density at radius 2 is 2.20 bits per heavy atom. The van der Waals surface area contributed by atoms with E-state index in [9.17, 15) is 5.11 Å². The molecule has 1 aliphatic carbocycles. The average Bonchev–Trinajstić information content (AvgIpc) is 2.70. The third kappa shape index (κ3) is 2.11. The van der Waals surface area contributed by atoms with E-state index >= 15 is 0 Å². The molecule has 0 amide bonds. The monoisotopic (exact) mass is 224 g/mol. The number of aliphatic hydroxyl groups is 1. The van der Waals surface area contributed by atoms with Crippen LogP contribution < -0.4 is 0 Å². The van der Waals surface area contributed by atoms with Crippen LogP contribution in [0.4, 0.5) is 0 Å². The fraction of sp³-hybridized carbons (Fsp3) is 0.692. The van der Waals surface area contributed by atoms with Crippen LogP contribution in [0.2, 0.25) is 0 Å². The van der Waals surface area contributed by atoms with Gasteiger partial charge >= 0.3 is 0 Å². The van der Waals surface area contributed by atoms with Crippen molar-refractivity contribution in [3.63, 3.8) is 0 Å². The van der Waals surface area contributed by atoms with Crippen molar-refractivity contribution < 1.29 is 5.11 Å². The van der Waals surface area contributed by atoms with Crippen LogP contribution in [0.3, 0.4) is 0 Å². The minimum Gasteiger partial charge on any atom is -0.387 e. The predicted octanol–water partition coefficient (Wildman–Crippen LogP) is 3.92. The SMILES string of the molecule is Cc1ccc(C(O)C2CCCC2(C)C)s1. The van der Waals surface area contributed by atoms with Gasteiger partial charge in [0.2, 0.25) is 0 Å². The Labute approximate surface area is 96.1 Å². The number of hydrogen-bond acceptors (Lipinski definition) is 2. The quantitative estimate of drug-likeness (QED) is 0.807. The molecule has 2 heteroatoms. The van der Waals surface area contributed by atoms with Crippen molar-refractivity contribution in [1.82, 2.24) is 0 Å². The first kappa shape index (κ1) is 11.2. The van der Waals surface area contributed by atoms with Crippen molar-refractivity contribution in [3.8, 4) is 0 Å². The minimum atomic E-state index is -0.249. The van der Waals surface area contributed by atoms with Crippen LogP contribution in [0, 0.1) is 18.3 Å². The first-order chi connectivity index (χ1) is 7.00. The van der Waals surface area contributed by atoms with Gasteiger partial charge in [-0.05, 0) is 43.2 Å². The largest absolute Gasteiger partial charge is 0.387 e. The van der Waals surface area contributed by atoms with Crippen molar-refractivity contribution >= 4 is 11.3 Å². The van der Waals surface area contributed by atoms with Gasteiger partial charge in [-0.25, -0.2) is 0 Å². The molecule has 1 nitrogen and oxygen atoms in total. The highest BCUT2D eigenvalue weighted by atomic mass is 32.1. The Bertz CT molecular complexity index is 340. The van der Waals surface area contributed by atoms with Crippen molar-refractivity contribution in [2.75, 3.05) is 0 Å². The summed E-state index contributed by atoms with van der Waals surface area (Å²) in [5, 5.41) is 10.4. The van der Waals surface area contributed by atoms with Gasteiger partial charge in [-0.15, -0.1) is 11.3 Å². The summed E-state index contributed by atoms with van der Waals surface area (Å²) in [5.74, 6) is 0.440. The maximum absolute atomic E-state index is 10.4. The molecule has 1 aliphatic rings. The Kier molecular flexibility index (Phi) is 2.91. The second kappa shape index (κ2) is 3.91. The molecule has 1 saturated carbocycles. The topological polar surface area (TPSA) is 20.2 Å². The van der Waals surface area contributed by atoms with Gasteiger partial charge in [-0.3, -0.25) is 0 Å². The van der Waals surface area contributed by atoms with Crippen molar-refractivity contribution in [1.29, 1.82) is 0 Å². The van der Waals surface area contributed by atoms with E-state index in [1.54, 1.807) is 11.3 Å². The summed E-state index contributed by atoms with van der Waals surface area (Å²) in [7, 11) is 0. The fourth-order valence-corrected chi connectivity index (χ4v) is 3.68. The van der Waals surface area contributed by atoms with Crippen molar-refractivity contribution in [3.05, 3.63) is 21.9 Å². The Balaban J connectivity index is 2.17. The summed E-state index contributed by atoms with van der Waals surface area (Å²) in [4.78, 5) is 2.44. The number of aliphatic hydroxyl groups excluding tert-OH is 1. The second-order valence-corrected chi connectivity index (χ2v) is 6.70. The molecule has 1 fully saturated rings. The van der Waals surface area contributed by atoms with Crippen LogP contribution in [0.1, 0.15) is 49.0 Å². The lowest BCUT2D eigenvalue weighted by molar-refractivity contribution is 0.0558. The molecule has 0 spiro atoms. The van der Waals surface area contributed by atoms with E-state index in [1.807, 2.05) is 0 Å². The summed E-state index contributed by atoms with van der Waals surface area (Å²) in [6, 6.07) is 4.18. The molecule has 2 unspecified atom stereocenters. The predicted molar refractivity (Wildman–Crippen MR) is 65.1 cm³/mol. The third-order valence-electron chi connectivity index (χ3n) is 3.77. The Hall–Kier alpha value is -0.340. The van der Waals surface area contributed by atoms with Gasteiger partial charge in [0.05, 0.1) is 6.10 Å². The van der Waals surface area contributed by atoms with E-state index in [4.69, 9.17) is 0 Å². The molecule has 2 atom stereocenters. The van der Waals surface area contributed by atoms with Crippen LogP contribution >= 0.6 is 11.3 Å². The molecule has 0 aromatic carbocycles. The van der Waals surface area contributed by atoms with E-state index < -0.39 is 0 Å². The van der Waals surface area contributed by atoms with Gasteiger partial charge in [-0.2, -0.15) is 0 Å². The fourth-order valence-electron chi connectivity index (χ4n) is 2.75. The van der Waals surface area contributed by atoms with Crippen LogP contribution in [-0.2, 0) is 0 Å². The first-order valence-corrected chi connectivity index (χ1v) is 6.57. The zero-order chi connectivity index (χ0) is 11.1. The molecule has 1 N–H and O–H groups in total. The van der Waals surface area contributed by atoms with Crippen LogP contribution in [-0.4, -0.2) is 5.11 Å². The van der Waals surface area contributed by atoms with Gasteiger partial charge in [0.25, 0.3) is 0 Å². The summed E-state index contributed by atoms with van der Waals surface area (Å²) in [5.41, 5.74) is 0.303. The van der Waals surface area contributed by atoms with E-state index in [1.165, 1.54) is 24.1 Å². The summed E-state index contributed by atoms with van der Waals surface area (Å²) in [6.45, 7) is 6.67. The van der Waals surface area contributed by atoms with Crippen LogP contribution in [0.5, 0.6) is 0 Å². The van der Waals surface area contributed by atoms with E-state index in [0.29, 0.717) is 11.3 Å². The summed E-state index contributed by atoms with van der Waals surface area (Å²) in [6.07, 6.45) is 3.43. The lowest BCUT2D eigenvalue weighted by Crippen LogP contribution is -2.23. The summed E-state index contributed by atoms with van der Waals surface area (Å²) >= 11 is 1.73. The molecular weight excluding hydrogens is 204 g/mol. The third-order valence-corrected chi connectivity index (χ3v) is 4.85. The first-order valence-electron chi connectivity index (χ1n) is 5.75. The number of thiophene rings is 1. The molecule has 0 saturated heterocycles. The van der Waals surface area contributed by atoms with Gasteiger partial charge in [-0.1, -0.05) is 20.3 Å². The highest BCUT2D eigenvalue weighted by Gasteiger charge is 2.39. The highest BCUT2D eigenvalue weighted by Crippen LogP contribution is 2.49. The molecule has 0 aliphatic heterocycles. The van der Waals surface area contributed by atoms with Crippen LogP contribution in [0.15, 0.2) is 12.1 Å². The van der Waals surface area contributed by atoms with Crippen molar-refractivity contribution in [2.45, 2.75) is 46.1 Å². The molecule has 1 aromatic rings. The molecule has 0 radical (unpaired) electrons. The second-order valence-electron chi connectivity index (χ2n) is 5.38. The smallest absolute Gasteiger partial charge is 0.0915 e. The zero-order valence-corrected chi connectivity index (χ0v) is 10.6. The molecule has 2 rings (SSSR count). The van der Waals surface area contributed by atoms with E-state index in [-0.39, 0.29) is 6.10 Å². The zero-order valence-electron chi connectivity index (χ0n) is 9.79. The molecule has 1 aromatic heterocycles. The molecule has 15 heavy (non-hydrogen) atoms. The minimum absolute atomic E-state index is 0.249. The number of aryl methyl sites for hydroxylation is 1. The maximum Gasteiger partial charge on any atom is 0.0915 e. The number of rotatable bonds is 2.